The Kier molecular flexibility index (Phi) is 5.47. The van der Waals surface area contributed by atoms with Crippen LogP contribution in [0, 0.1) is 5.92 Å². The van der Waals surface area contributed by atoms with Crippen molar-refractivity contribution in [2.75, 3.05) is 23.3 Å². The van der Waals surface area contributed by atoms with Gasteiger partial charge in [-0.2, -0.15) is 0 Å². The van der Waals surface area contributed by atoms with E-state index < -0.39 is 5.97 Å². The Morgan fingerprint density at radius 2 is 1.81 bits per heavy atom. The highest BCUT2D eigenvalue weighted by molar-refractivity contribution is 6.34. The van der Waals surface area contributed by atoms with E-state index in [1.54, 1.807) is 36.4 Å². The summed E-state index contributed by atoms with van der Waals surface area (Å²) >= 11 is 6.04. The second-order valence-electron chi connectivity index (χ2n) is 6.64. The highest BCUT2D eigenvalue weighted by atomic mass is 35.5. The molecule has 1 aliphatic heterocycles. The number of nitrogens with zero attached hydrogens (tertiary/aromatic N) is 1. The van der Waals surface area contributed by atoms with Gasteiger partial charge < -0.3 is 15.3 Å². The number of anilines is 2. The third kappa shape index (κ3) is 3.99. The number of piperidine rings is 1. The number of carboxylic acid groups (broad SMARTS) is 1. The summed E-state index contributed by atoms with van der Waals surface area (Å²) in [7, 11) is 0. The molecule has 2 aromatic carbocycles. The number of nitrogens with one attached hydrogen (secondary N) is 1. The van der Waals surface area contributed by atoms with Gasteiger partial charge in [0, 0.05) is 18.8 Å². The fourth-order valence-electron chi connectivity index (χ4n) is 3.15. The molecule has 0 atom stereocenters. The molecule has 1 amide bonds. The van der Waals surface area contributed by atoms with Gasteiger partial charge in [-0.3, -0.25) is 4.79 Å². The Hall–Kier alpha value is -2.53. The number of aromatic carboxylic acids is 1. The normalized spacial score (nSPS) is 14.9. The van der Waals surface area contributed by atoms with Gasteiger partial charge in [0.15, 0.2) is 0 Å². The molecule has 136 valence electrons. The second-order valence-corrected chi connectivity index (χ2v) is 7.05. The maximum absolute atomic E-state index is 12.4. The number of rotatable bonds is 4. The third-order valence-corrected chi connectivity index (χ3v) is 5.06. The molecular weight excluding hydrogens is 352 g/mol. The summed E-state index contributed by atoms with van der Waals surface area (Å²) in [6, 6.07) is 11.7. The summed E-state index contributed by atoms with van der Waals surface area (Å²) in [5, 5.41) is 12.7. The lowest BCUT2D eigenvalue weighted by atomic mass is 9.98. The maximum Gasteiger partial charge on any atom is 0.337 e. The molecule has 2 aromatic rings. The van der Waals surface area contributed by atoms with Crippen LogP contribution in [0.4, 0.5) is 11.4 Å². The molecular formula is C20H21ClN2O3. The van der Waals surface area contributed by atoms with Crippen LogP contribution in [0.15, 0.2) is 42.5 Å². The quantitative estimate of drug-likeness (QED) is 0.827. The van der Waals surface area contributed by atoms with E-state index in [9.17, 15) is 14.7 Å². The molecule has 1 heterocycles. The van der Waals surface area contributed by atoms with Crippen molar-refractivity contribution in [2.45, 2.75) is 19.8 Å². The van der Waals surface area contributed by atoms with Crippen molar-refractivity contribution in [3.63, 3.8) is 0 Å². The van der Waals surface area contributed by atoms with Crippen LogP contribution >= 0.6 is 11.6 Å². The van der Waals surface area contributed by atoms with Gasteiger partial charge in [-0.1, -0.05) is 30.7 Å². The molecule has 0 radical (unpaired) electrons. The minimum absolute atomic E-state index is 0.191. The molecule has 5 nitrogen and oxygen atoms in total. The molecule has 0 saturated carbocycles. The van der Waals surface area contributed by atoms with Gasteiger partial charge in [0.05, 0.1) is 21.8 Å². The molecule has 0 unspecified atom stereocenters. The molecule has 0 aromatic heterocycles. The van der Waals surface area contributed by atoms with Crippen LogP contribution in [-0.2, 0) is 0 Å². The first-order valence-electron chi connectivity index (χ1n) is 8.64. The van der Waals surface area contributed by atoms with Crippen molar-refractivity contribution in [1.82, 2.24) is 0 Å². The Morgan fingerprint density at radius 1 is 1.12 bits per heavy atom. The zero-order valence-electron chi connectivity index (χ0n) is 14.5. The van der Waals surface area contributed by atoms with Gasteiger partial charge in [-0.15, -0.1) is 0 Å². The van der Waals surface area contributed by atoms with E-state index in [0.29, 0.717) is 27.9 Å². The summed E-state index contributed by atoms with van der Waals surface area (Å²) in [5.74, 6) is -0.715. The van der Waals surface area contributed by atoms with Gasteiger partial charge in [-0.05, 0) is 49.1 Å². The van der Waals surface area contributed by atoms with E-state index in [-0.39, 0.29) is 11.5 Å². The minimum atomic E-state index is -1.01. The zero-order chi connectivity index (χ0) is 18.7. The van der Waals surface area contributed by atoms with Gasteiger partial charge in [0.1, 0.15) is 0 Å². The van der Waals surface area contributed by atoms with Crippen molar-refractivity contribution in [2.24, 2.45) is 5.92 Å². The second kappa shape index (κ2) is 7.79. The lowest BCUT2D eigenvalue weighted by Crippen LogP contribution is -2.33. The highest BCUT2D eigenvalue weighted by Crippen LogP contribution is 2.29. The fourth-order valence-corrected chi connectivity index (χ4v) is 3.38. The van der Waals surface area contributed by atoms with Crippen LogP contribution in [-0.4, -0.2) is 30.1 Å². The fraction of sp³-hybridized carbons (Fsp3) is 0.300. The SMILES string of the molecule is CC1CCN(c2ccc(NC(=O)c3ccccc3Cl)cc2C(=O)O)CC1. The first-order valence-corrected chi connectivity index (χ1v) is 9.01. The molecule has 1 aliphatic rings. The minimum Gasteiger partial charge on any atom is -0.478 e. The van der Waals surface area contributed by atoms with Crippen LogP contribution in [0.25, 0.3) is 0 Å². The summed E-state index contributed by atoms with van der Waals surface area (Å²) in [5.41, 5.74) is 1.67. The number of amides is 1. The van der Waals surface area contributed by atoms with E-state index in [0.717, 1.165) is 25.9 Å². The first-order chi connectivity index (χ1) is 12.5. The molecule has 3 rings (SSSR count). The van der Waals surface area contributed by atoms with E-state index in [2.05, 4.69) is 17.1 Å². The molecule has 26 heavy (non-hydrogen) atoms. The number of carboxylic acids is 1. The highest BCUT2D eigenvalue weighted by Gasteiger charge is 2.21. The molecule has 2 N–H and O–H groups in total. The van der Waals surface area contributed by atoms with Gasteiger partial charge in [-0.25, -0.2) is 4.79 Å². The Balaban J connectivity index is 1.83. The molecule has 1 fully saturated rings. The number of carbonyl (C=O) groups is 2. The van der Waals surface area contributed by atoms with E-state index in [1.165, 1.54) is 6.07 Å². The number of benzene rings is 2. The van der Waals surface area contributed by atoms with Gasteiger partial charge in [0.2, 0.25) is 0 Å². The number of hydrogen-bond acceptors (Lipinski definition) is 3. The van der Waals surface area contributed by atoms with Crippen molar-refractivity contribution in [3.8, 4) is 0 Å². The third-order valence-electron chi connectivity index (χ3n) is 4.73. The molecule has 6 heteroatoms. The van der Waals surface area contributed by atoms with Crippen LogP contribution in [0.3, 0.4) is 0 Å². The average molecular weight is 373 g/mol. The molecule has 1 saturated heterocycles. The van der Waals surface area contributed by atoms with Crippen molar-refractivity contribution >= 4 is 34.9 Å². The smallest absolute Gasteiger partial charge is 0.337 e. The Morgan fingerprint density at radius 3 is 2.46 bits per heavy atom. The average Bonchev–Trinajstić information content (AvgIpc) is 2.62. The number of hydrogen-bond donors (Lipinski definition) is 2. The first kappa shape index (κ1) is 18.3. The number of carbonyl (C=O) groups excluding carboxylic acids is 1. The Labute approximate surface area is 157 Å². The summed E-state index contributed by atoms with van der Waals surface area (Å²) < 4.78 is 0. The van der Waals surface area contributed by atoms with E-state index >= 15 is 0 Å². The Bertz CT molecular complexity index is 830. The van der Waals surface area contributed by atoms with Gasteiger partial charge in [0.25, 0.3) is 5.91 Å². The summed E-state index contributed by atoms with van der Waals surface area (Å²) in [6.07, 6.45) is 2.09. The van der Waals surface area contributed by atoms with Crippen molar-refractivity contribution in [1.29, 1.82) is 0 Å². The van der Waals surface area contributed by atoms with Crippen molar-refractivity contribution < 1.29 is 14.7 Å². The predicted molar refractivity (Wildman–Crippen MR) is 103 cm³/mol. The lowest BCUT2D eigenvalue weighted by Gasteiger charge is -2.33. The molecule has 0 aliphatic carbocycles. The van der Waals surface area contributed by atoms with E-state index in [4.69, 9.17) is 11.6 Å². The summed E-state index contributed by atoms with van der Waals surface area (Å²) in [6.45, 7) is 3.89. The van der Waals surface area contributed by atoms with Gasteiger partial charge >= 0.3 is 5.97 Å². The van der Waals surface area contributed by atoms with Crippen LogP contribution in [0.5, 0.6) is 0 Å². The topological polar surface area (TPSA) is 69.6 Å². The standard InChI is InChI=1S/C20H21ClN2O3/c1-13-8-10-23(11-9-13)18-7-6-14(12-16(18)20(25)26)22-19(24)15-4-2-3-5-17(15)21/h2-7,12-13H,8-11H2,1H3,(H,22,24)(H,25,26). The summed E-state index contributed by atoms with van der Waals surface area (Å²) in [4.78, 5) is 26.2. The zero-order valence-corrected chi connectivity index (χ0v) is 15.3. The maximum atomic E-state index is 12.4. The van der Waals surface area contributed by atoms with Crippen LogP contribution in [0.2, 0.25) is 5.02 Å². The van der Waals surface area contributed by atoms with Crippen molar-refractivity contribution in [3.05, 3.63) is 58.6 Å². The number of halogens is 1. The molecule has 0 spiro atoms. The monoisotopic (exact) mass is 372 g/mol. The lowest BCUT2D eigenvalue weighted by molar-refractivity contribution is 0.0697. The van der Waals surface area contributed by atoms with Crippen LogP contribution in [0.1, 0.15) is 40.5 Å². The van der Waals surface area contributed by atoms with E-state index in [1.807, 2.05) is 0 Å². The molecule has 0 bridgehead atoms. The predicted octanol–water partition coefficient (Wildman–Crippen LogP) is 4.53. The van der Waals surface area contributed by atoms with Crippen LogP contribution < -0.4 is 10.2 Å². The largest absolute Gasteiger partial charge is 0.478 e.